The Kier molecular flexibility index (Phi) is 4.40. The summed E-state index contributed by atoms with van der Waals surface area (Å²) in [7, 11) is 0.0791. The summed E-state index contributed by atoms with van der Waals surface area (Å²) in [5, 5.41) is 0. The number of ether oxygens (including phenoxy) is 1. The zero-order valence-electron chi connectivity index (χ0n) is 8.67. The molecule has 0 heterocycles. The van der Waals surface area contributed by atoms with Crippen molar-refractivity contribution in [1.29, 1.82) is 0 Å². The summed E-state index contributed by atoms with van der Waals surface area (Å²) < 4.78 is 126. The van der Waals surface area contributed by atoms with Crippen molar-refractivity contribution in [1.82, 2.24) is 0 Å². The summed E-state index contributed by atoms with van der Waals surface area (Å²) >= 11 is 0. The second-order valence-electron chi connectivity index (χ2n) is 3.14. The third kappa shape index (κ3) is 2.31. The Hall–Kier alpha value is -1.23. The van der Waals surface area contributed by atoms with Crippen molar-refractivity contribution in [2.75, 3.05) is 7.11 Å². The van der Waals surface area contributed by atoms with Gasteiger partial charge in [0.1, 0.15) is 0 Å². The number of esters is 1. The van der Waals surface area contributed by atoms with Gasteiger partial charge in [-0.05, 0) is 0 Å². The lowest BCUT2D eigenvalue weighted by atomic mass is 9.99. The van der Waals surface area contributed by atoms with Crippen LogP contribution in [0.1, 0.15) is 0 Å². The summed E-state index contributed by atoms with van der Waals surface area (Å²) in [5.74, 6) is -30.8. The summed E-state index contributed by atoms with van der Waals surface area (Å²) in [5.41, 5.74) is 0. The molecule has 0 bridgehead atoms. The van der Waals surface area contributed by atoms with E-state index in [1.54, 1.807) is 0 Å². The third-order valence-electron chi connectivity index (χ3n) is 1.92. The van der Waals surface area contributed by atoms with Crippen LogP contribution in [0.25, 0.3) is 0 Å². The third-order valence-corrected chi connectivity index (χ3v) is 1.92. The van der Waals surface area contributed by atoms with Crippen LogP contribution in [-0.4, -0.2) is 43.2 Å². The largest absolute Gasteiger partial charge is 0.464 e. The normalized spacial score (nSPS) is 14.7. The van der Waals surface area contributed by atoms with Crippen LogP contribution in [0.4, 0.5) is 43.9 Å². The topological polar surface area (TPSA) is 26.3 Å². The van der Waals surface area contributed by atoms with Crippen LogP contribution in [0, 0.1) is 0 Å². The fourth-order valence-corrected chi connectivity index (χ4v) is 0.800. The maximum atomic E-state index is 12.7. The summed E-state index contributed by atoms with van der Waals surface area (Å²) in [6, 6.07) is 0. The zero-order valence-corrected chi connectivity index (χ0v) is 8.67. The molecule has 0 rings (SSSR count). The van der Waals surface area contributed by atoms with E-state index in [1.165, 1.54) is 0 Å². The van der Waals surface area contributed by atoms with E-state index in [4.69, 9.17) is 0 Å². The first-order valence-corrected chi connectivity index (χ1v) is 4.05. The Morgan fingerprint density at radius 1 is 0.895 bits per heavy atom. The van der Waals surface area contributed by atoms with E-state index in [0.717, 1.165) is 0 Å². The average molecular weight is 310 g/mol. The number of carbonyl (C=O) groups is 1. The molecule has 0 aliphatic carbocycles. The number of alkyl halides is 10. The van der Waals surface area contributed by atoms with E-state index in [9.17, 15) is 48.7 Å². The lowest BCUT2D eigenvalue weighted by Crippen LogP contribution is -2.66. The molecule has 0 aromatic carbocycles. The molecule has 2 nitrogen and oxygen atoms in total. The van der Waals surface area contributed by atoms with Crippen LogP contribution in [0.2, 0.25) is 0 Å². The highest BCUT2D eigenvalue weighted by Gasteiger charge is 2.85. The van der Waals surface area contributed by atoms with Crippen molar-refractivity contribution < 1.29 is 53.4 Å². The maximum absolute atomic E-state index is 12.7. The number of rotatable bonds is 5. The molecule has 0 saturated carbocycles. The Bertz CT molecular complexity index is 350. The molecular formula is C7H4F10O2. The molecule has 0 N–H and O–H groups in total. The summed E-state index contributed by atoms with van der Waals surface area (Å²) in [6.45, 7) is 0. The molecule has 0 fully saturated rings. The van der Waals surface area contributed by atoms with Gasteiger partial charge >= 0.3 is 36.1 Å². The zero-order chi connectivity index (χ0) is 15.9. The molecule has 0 amide bonds. The lowest BCUT2D eigenvalue weighted by Gasteiger charge is -2.34. The van der Waals surface area contributed by atoms with Crippen molar-refractivity contribution in [3.63, 3.8) is 0 Å². The van der Waals surface area contributed by atoms with Crippen molar-refractivity contribution in [3.05, 3.63) is 0 Å². The van der Waals surface area contributed by atoms with Gasteiger partial charge in [-0.25, -0.2) is 13.6 Å². The van der Waals surface area contributed by atoms with Gasteiger partial charge in [0.2, 0.25) is 0 Å². The Balaban J connectivity index is 5.83. The van der Waals surface area contributed by atoms with Gasteiger partial charge in [-0.2, -0.15) is 35.1 Å². The molecule has 0 spiro atoms. The van der Waals surface area contributed by atoms with E-state index in [1.807, 2.05) is 0 Å². The van der Waals surface area contributed by atoms with Gasteiger partial charge in [-0.1, -0.05) is 0 Å². The monoisotopic (exact) mass is 310 g/mol. The molecule has 12 heteroatoms. The van der Waals surface area contributed by atoms with Crippen LogP contribution in [0.15, 0.2) is 0 Å². The van der Waals surface area contributed by atoms with Gasteiger partial charge in [0.15, 0.2) is 0 Å². The molecule has 0 aliphatic heterocycles. The van der Waals surface area contributed by atoms with Crippen LogP contribution in [-0.2, 0) is 9.53 Å². The number of carbonyl (C=O) groups excluding carboxylic acids is 1. The predicted molar refractivity (Wildman–Crippen MR) is 37.8 cm³/mol. The number of methoxy groups -OCH3 is 1. The highest BCUT2D eigenvalue weighted by Crippen LogP contribution is 2.54. The first-order valence-electron chi connectivity index (χ1n) is 4.05. The van der Waals surface area contributed by atoms with Crippen LogP contribution >= 0.6 is 0 Å². The number of halogens is 10. The Morgan fingerprint density at radius 2 is 1.26 bits per heavy atom. The highest BCUT2D eigenvalue weighted by molar-refractivity contribution is 5.79. The van der Waals surface area contributed by atoms with Gasteiger partial charge in [0.05, 0.1) is 7.11 Å². The van der Waals surface area contributed by atoms with Crippen molar-refractivity contribution in [3.8, 4) is 0 Å². The van der Waals surface area contributed by atoms with Crippen LogP contribution < -0.4 is 0 Å². The quantitative estimate of drug-likeness (QED) is 0.576. The fourth-order valence-electron chi connectivity index (χ4n) is 0.800. The minimum absolute atomic E-state index is 0.0791. The fraction of sp³-hybridized carbons (Fsp3) is 0.857. The van der Waals surface area contributed by atoms with Crippen molar-refractivity contribution >= 4 is 5.97 Å². The molecule has 114 valence electrons. The van der Waals surface area contributed by atoms with Gasteiger partial charge in [-0.15, -0.1) is 0 Å². The summed E-state index contributed by atoms with van der Waals surface area (Å²) in [4.78, 5) is 10.2. The standard InChI is InChI=1S/C7H4F10O2/c1-19-3(18)5(12,13)7(16,17)6(14,15)4(10,11)2(8)9/h2H,1H3. The lowest BCUT2D eigenvalue weighted by molar-refractivity contribution is -0.377. The van der Waals surface area contributed by atoms with E-state index in [2.05, 4.69) is 4.74 Å². The first kappa shape index (κ1) is 17.8. The Labute approximate surface area is 97.9 Å². The second kappa shape index (κ2) is 4.71. The molecule has 0 aromatic rings. The second-order valence-corrected chi connectivity index (χ2v) is 3.14. The van der Waals surface area contributed by atoms with Gasteiger partial charge in [0, 0.05) is 0 Å². The number of hydrogen-bond donors (Lipinski definition) is 0. The molecule has 0 aliphatic rings. The van der Waals surface area contributed by atoms with E-state index in [0.29, 0.717) is 0 Å². The average Bonchev–Trinajstić information content (AvgIpc) is 2.26. The highest BCUT2D eigenvalue weighted by atomic mass is 19.4. The van der Waals surface area contributed by atoms with Crippen molar-refractivity contribution in [2.45, 2.75) is 30.1 Å². The smallest absolute Gasteiger partial charge is 0.410 e. The Morgan fingerprint density at radius 3 is 1.53 bits per heavy atom. The predicted octanol–water partition coefficient (Wildman–Crippen LogP) is 2.97. The van der Waals surface area contributed by atoms with Gasteiger partial charge in [0.25, 0.3) is 0 Å². The molecule has 0 unspecified atom stereocenters. The van der Waals surface area contributed by atoms with Gasteiger partial charge < -0.3 is 4.74 Å². The molecule has 19 heavy (non-hydrogen) atoms. The maximum Gasteiger partial charge on any atom is 0.410 e. The minimum atomic E-state index is -7.19. The molecular weight excluding hydrogens is 306 g/mol. The first-order chi connectivity index (χ1) is 8.17. The van der Waals surface area contributed by atoms with E-state index in [-0.39, 0.29) is 7.11 Å². The minimum Gasteiger partial charge on any atom is -0.464 e. The molecule has 0 saturated heterocycles. The SMILES string of the molecule is COC(=O)C(F)(F)C(F)(F)C(F)(F)C(F)(F)C(F)F. The molecule has 0 atom stereocenters. The summed E-state index contributed by atoms with van der Waals surface area (Å²) in [6.07, 6.45) is -5.36. The van der Waals surface area contributed by atoms with Gasteiger partial charge in [-0.3, -0.25) is 0 Å². The molecule has 0 radical (unpaired) electrons. The van der Waals surface area contributed by atoms with E-state index >= 15 is 0 Å². The van der Waals surface area contributed by atoms with E-state index < -0.39 is 36.1 Å². The van der Waals surface area contributed by atoms with Crippen LogP contribution in [0.5, 0.6) is 0 Å². The van der Waals surface area contributed by atoms with Crippen LogP contribution in [0.3, 0.4) is 0 Å². The molecule has 0 aromatic heterocycles. The van der Waals surface area contributed by atoms with Crippen molar-refractivity contribution in [2.24, 2.45) is 0 Å². The number of hydrogen-bond acceptors (Lipinski definition) is 2.